The number of amides is 3. The number of esters is 4. The Bertz CT molecular complexity index is 3190. The number of likely N-dealkylation sites (tertiary alicyclic amines) is 1. The minimum absolute atomic E-state index is 0.0512. The van der Waals surface area contributed by atoms with Gasteiger partial charge in [0.15, 0.2) is 18.3 Å². The number of hydrogen-bond acceptors (Lipinski definition) is 19. The average molecular weight is 1210 g/mol. The van der Waals surface area contributed by atoms with Gasteiger partial charge in [0, 0.05) is 75.4 Å². The highest BCUT2D eigenvalue weighted by atomic mass is 32.2. The number of quaternary nitrogens is 1. The van der Waals surface area contributed by atoms with Crippen molar-refractivity contribution < 1.29 is 89.1 Å². The molecule has 2 N–H and O–H groups in total. The number of piperidine rings is 1. The number of thioether (sulfide) groups is 1. The summed E-state index contributed by atoms with van der Waals surface area (Å²) in [7, 11) is 2.87. The monoisotopic (exact) mass is 1210 g/mol. The van der Waals surface area contributed by atoms with E-state index in [9.17, 15) is 33.6 Å². The van der Waals surface area contributed by atoms with Crippen molar-refractivity contribution in [2.24, 2.45) is 13.0 Å². The summed E-state index contributed by atoms with van der Waals surface area (Å²) in [6.07, 6.45) is -10.8. The van der Waals surface area contributed by atoms with Crippen LogP contribution in [0, 0.1) is 5.92 Å². The minimum atomic E-state index is -4.86. The van der Waals surface area contributed by atoms with Gasteiger partial charge in [0.2, 0.25) is 12.4 Å². The minimum Gasteiger partial charge on any atom is -0.467 e. The number of hydrogen-bond donors (Lipinski definition) is 2. The van der Waals surface area contributed by atoms with Crippen LogP contribution < -0.4 is 20.3 Å². The summed E-state index contributed by atoms with van der Waals surface area (Å²) in [6.45, 7) is 13.5. The number of rotatable bonds is 20. The molecule has 4 aliphatic heterocycles. The van der Waals surface area contributed by atoms with Crippen molar-refractivity contribution in [1.82, 2.24) is 30.4 Å². The fraction of sp³-hybridized carbons (Fsp3) is 0.552. The number of pyridine rings is 1. The summed E-state index contributed by atoms with van der Waals surface area (Å²) in [4.78, 5) is 98.8. The summed E-state index contributed by atoms with van der Waals surface area (Å²) in [5, 5.41) is 14.2. The molecule has 3 saturated heterocycles. The van der Waals surface area contributed by atoms with Crippen molar-refractivity contribution in [3.8, 4) is 5.75 Å². The van der Waals surface area contributed by atoms with Gasteiger partial charge < -0.3 is 57.6 Å². The van der Waals surface area contributed by atoms with E-state index in [2.05, 4.69) is 27.8 Å². The van der Waals surface area contributed by atoms with Crippen molar-refractivity contribution in [2.75, 3.05) is 57.2 Å². The zero-order valence-electron chi connectivity index (χ0n) is 49.1. The molecule has 0 radical (unpaired) electrons. The quantitative estimate of drug-likeness (QED) is 0.0324. The van der Waals surface area contributed by atoms with Gasteiger partial charge in [-0.2, -0.15) is 13.2 Å². The van der Waals surface area contributed by atoms with Gasteiger partial charge >= 0.3 is 36.1 Å². The lowest BCUT2D eigenvalue weighted by Crippen LogP contribution is -2.64. The van der Waals surface area contributed by atoms with Crippen LogP contribution in [0.1, 0.15) is 123 Å². The lowest BCUT2D eigenvalue weighted by molar-refractivity contribution is -0.960. The second kappa shape index (κ2) is 26.1. The Balaban J connectivity index is 1.15. The number of carbonyl (C=O) groups is 7. The fourth-order valence-corrected chi connectivity index (χ4v) is 12.1. The number of ether oxygens (including phenoxy) is 8. The second-order valence-electron chi connectivity index (χ2n) is 23.0. The molecule has 1 unspecified atom stereocenters. The highest BCUT2D eigenvalue weighted by molar-refractivity contribution is 7.99. The maximum Gasteiger partial charge on any atom is 0.416 e. The molecule has 2 aromatic carbocycles. The van der Waals surface area contributed by atoms with Gasteiger partial charge in [0.1, 0.15) is 42.4 Å². The van der Waals surface area contributed by atoms with Crippen molar-refractivity contribution in [2.45, 2.75) is 147 Å². The largest absolute Gasteiger partial charge is 0.467 e. The summed E-state index contributed by atoms with van der Waals surface area (Å²) in [5.74, 6) is -3.79. The van der Waals surface area contributed by atoms with Crippen LogP contribution in [0.4, 0.5) is 23.8 Å². The Labute approximate surface area is 493 Å². The van der Waals surface area contributed by atoms with Crippen LogP contribution in [0.2, 0.25) is 0 Å². The average Bonchev–Trinajstić information content (AvgIpc) is 2.13. The number of anilines is 1. The van der Waals surface area contributed by atoms with Gasteiger partial charge in [0.05, 0.1) is 56.1 Å². The molecule has 3 fully saturated rings. The Hall–Kier alpha value is -7.36. The van der Waals surface area contributed by atoms with E-state index in [0.29, 0.717) is 61.3 Å². The van der Waals surface area contributed by atoms with Gasteiger partial charge in [-0.1, -0.05) is 13.8 Å². The molecule has 3 amide bonds. The molecule has 23 nitrogen and oxygen atoms in total. The first kappa shape index (κ1) is 63.7. The fourth-order valence-electron chi connectivity index (χ4n) is 11.4. The number of halogens is 3. The molecule has 8 rings (SSSR count). The highest BCUT2D eigenvalue weighted by Gasteiger charge is 2.56. The predicted octanol–water partition coefficient (Wildman–Crippen LogP) is 6.29. The molecule has 27 heteroatoms. The number of nitrogens with zero attached hydrogens (tertiary/aromatic N) is 6. The van der Waals surface area contributed by atoms with Gasteiger partial charge in [-0.25, -0.2) is 14.6 Å². The van der Waals surface area contributed by atoms with Crippen LogP contribution in [0.3, 0.4) is 0 Å². The van der Waals surface area contributed by atoms with Crippen LogP contribution in [0.5, 0.6) is 5.75 Å². The number of methoxy groups -OCH3 is 1. The van der Waals surface area contributed by atoms with Gasteiger partial charge in [0.25, 0.3) is 11.8 Å². The number of carbonyl (C=O) groups excluding carboxylic acids is 7. The molecule has 2 aromatic heterocycles. The van der Waals surface area contributed by atoms with E-state index in [1.807, 2.05) is 24.6 Å². The molecular weight excluding hydrogens is 1140 g/mol. The Morgan fingerprint density at radius 3 is 2.19 bits per heavy atom. The van der Waals surface area contributed by atoms with E-state index >= 15 is 13.2 Å². The zero-order valence-corrected chi connectivity index (χ0v) is 49.9. The van der Waals surface area contributed by atoms with E-state index in [-0.39, 0.29) is 76.9 Å². The molecular formula is C58H72F3N8O15S+. The standard InChI is InChI=1S/C58H71F3N8O15S/c1-11-85-46-23-38(57(29-78-30-57)24-45-66-64-31-67(45)9)22-44(65-46)68-25-41-39(52(68)74)20-37(21-42(41)58(59,60)61)28-69(18-12-13-32(2)26-69)27-36-14-15-43(40(19-36)51(73)62-16-17-63-55(76)84-56(6,7)8)82-54-50(81-35(5)72)48(80-34(4)71)47(79-33(3)70)49(83-54)53(75)77-10/h14-15,19-23,31-32,47-50,54H,11-13,16-18,24-30H2,1-10H3,(H-,62,63,73,76)/p+1/t32-,47-,48-,49-,50+,54+,69?/m0/s1. The molecule has 6 heterocycles. The Morgan fingerprint density at radius 1 is 0.894 bits per heavy atom. The van der Waals surface area contributed by atoms with Gasteiger partial charge in [-0.05, 0) is 93.0 Å². The molecule has 4 aromatic rings. The van der Waals surface area contributed by atoms with Crippen molar-refractivity contribution in [3.05, 3.63) is 93.6 Å². The third-order valence-corrected chi connectivity index (χ3v) is 15.7. The van der Waals surface area contributed by atoms with E-state index in [1.54, 1.807) is 45.3 Å². The maximum atomic E-state index is 15.5. The topological polar surface area (TPSA) is 264 Å². The summed E-state index contributed by atoms with van der Waals surface area (Å²) < 4.78 is 93.5. The third-order valence-electron chi connectivity index (χ3n) is 14.9. The SMILES string of the molecule is CCSc1cc(C2(Cc3nncn3C)COC2)cc(N2Cc3c(cc(C[N+]4(Cc5ccc(O[C@@H]6O[C@H](C(=O)OC)[C@@H](OC(C)=O)[C@H](OC(C)=O)[C@H]6OC(C)=O)c(C(=O)NCCNC(=O)OC(C)(C)C)c5)CCC[C@H](C)C4)cc3C(F)(F)F)C2=O)n1. The molecule has 0 spiro atoms. The number of alkyl halides is 3. The summed E-state index contributed by atoms with van der Waals surface area (Å²) >= 11 is 1.45. The van der Waals surface area contributed by atoms with E-state index in [4.69, 9.17) is 42.9 Å². The van der Waals surface area contributed by atoms with E-state index in [1.165, 1.54) is 28.8 Å². The molecule has 0 aliphatic carbocycles. The van der Waals surface area contributed by atoms with Gasteiger partial charge in [-0.3, -0.25) is 28.9 Å². The number of benzene rings is 2. The van der Waals surface area contributed by atoms with Crippen LogP contribution in [-0.4, -0.2) is 155 Å². The number of fused-ring (bicyclic) bond motifs is 1. The smallest absolute Gasteiger partial charge is 0.416 e. The molecule has 460 valence electrons. The van der Waals surface area contributed by atoms with Crippen LogP contribution >= 0.6 is 11.8 Å². The second-order valence-corrected chi connectivity index (χ2v) is 24.3. The van der Waals surface area contributed by atoms with E-state index in [0.717, 1.165) is 45.9 Å². The molecule has 0 saturated carbocycles. The van der Waals surface area contributed by atoms with Crippen LogP contribution in [0.15, 0.2) is 53.8 Å². The third kappa shape index (κ3) is 15.2. The molecule has 85 heavy (non-hydrogen) atoms. The maximum absolute atomic E-state index is 15.5. The number of aryl methyl sites for hydroxylation is 1. The molecule has 7 atom stereocenters. The normalized spacial score (nSPS) is 22.7. The lowest BCUT2D eigenvalue weighted by atomic mass is 9.76. The molecule has 4 aliphatic rings. The van der Waals surface area contributed by atoms with Crippen molar-refractivity contribution in [3.63, 3.8) is 0 Å². The predicted molar refractivity (Wildman–Crippen MR) is 297 cm³/mol. The number of alkyl carbamates (subject to hydrolysis) is 1. The highest BCUT2D eigenvalue weighted by Crippen LogP contribution is 2.44. The van der Waals surface area contributed by atoms with Crippen molar-refractivity contribution >= 4 is 59.4 Å². The number of nitrogens with one attached hydrogen (secondary N) is 2. The van der Waals surface area contributed by atoms with Crippen molar-refractivity contribution in [1.29, 1.82) is 0 Å². The van der Waals surface area contributed by atoms with Crippen LogP contribution in [-0.2, 0) is 97.0 Å². The molecule has 0 bridgehead atoms. The lowest BCUT2D eigenvalue weighted by Gasteiger charge is -2.44. The summed E-state index contributed by atoms with van der Waals surface area (Å²) in [6, 6.07) is 10.9. The van der Waals surface area contributed by atoms with Crippen LogP contribution in [0.25, 0.3) is 0 Å². The first-order valence-electron chi connectivity index (χ1n) is 27.9. The van der Waals surface area contributed by atoms with Gasteiger partial charge in [-0.15, -0.1) is 22.0 Å². The Kier molecular flexibility index (Phi) is 19.5. The first-order valence-corrected chi connectivity index (χ1v) is 28.8. The first-order chi connectivity index (χ1) is 40.1. The zero-order chi connectivity index (χ0) is 61.8. The Morgan fingerprint density at radius 2 is 1.58 bits per heavy atom. The van der Waals surface area contributed by atoms with E-state index < -0.39 is 95.2 Å². The number of aromatic nitrogens is 4. The summed E-state index contributed by atoms with van der Waals surface area (Å²) in [5.41, 5.74) is -1.09.